The number of carbonyl (C=O) groups excluding carboxylic acids is 1. The van der Waals surface area contributed by atoms with Crippen molar-refractivity contribution >= 4 is 17.2 Å². The fourth-order valence-electron chi connectivity index (χ4n) is 7.84. The molecule has 1 spiro atoms. The van der Waals surface area contributed by atoms with Crippen molar-refractivity contribution in [3.63, 3.8) is 0 Å². The van der Waals surface area contributed by atoms with Gasteiger partial charge in [0.05, 0.1) is 16.6 Å². The average molecular weight is 492 g/mol. The maximum atomic E-state index is 14.5. The van der Waals surface area contributed by atoms with Gasteiger partial charge in [-0.15, -0.1) is 11.3 Å². The number of piperidine rings is 1. The van der Waals surface area contributed by atoms with Crippen molar-refractivity contribution < 1.29 is 4.79 Å². The number of carbonyl (C=O) groups is 1. The Morgan fingerprint density at radius 3 is 2.77 bits per heavy atom. The molecule has 5 heteroatoms. The van der Waals surface area contributed by atoms with E-state index in [2.05, 4.69) is 47.5 Å². The molecule has 4 aliphatic rings. The number of nitrogens with zero attached hydrogens (tertiary/aromatic N) is 2. The maximum absolute atomic E-state index is 14.5. The van der Waals surface area contributed by atoms with Crippen LogP contribution in [0.3, 0.4) is 0 Å². The first kappa shape index (κ1) is 23.7. The molecule has 4 atom stereocenters. The fourth-order valence-corrected chi connectivity index (χ4v) is 9.16. The predicted molar refractivity (Wildman–Crippen MR) is 143 cm³/mol. The highest BCUT2D eigenvalue weighted by Gasteiger charge is 2.53. The average Bonchev–Trinajstić information content (AvgIpc) is 3.54. The highest BCUT2D eigenvalue weighted by Crippen LogP contribution is 2.49. The standard InChI is InChI=1S/C30H41N3OS/c1-2-27-32-25-14-9-16-30(28(25)35-27)20-31-19-24(30)29(34)33-17-15-23(21-10-5-3-6-11-21)18-26(33)22-12-7-4-8-13-22/h3,5-6,10-11,22-24,26,31H,2,4,7-9,12-20H2,1H3/t23-,24?,26+,30-/m1/s1. The first-order chi connectivity index (χ1) is 17.2. The normalized spacial score (nSPS) is 31.6. The van der Waals surface area contributed by atoms with Gasteiger partial charge in [0.25, 0.3) is 0 Å². The molecule has 35 heavy (non-hydrogen) atoms. The number of hydrogen-bond acceptors (Lipinski definition) is 4. The van der Waals surface area contributed by atoms with Gasteiger partial charge in [0.2, 0.25) is 5.91 Å². The van der Waals surface area contributed by atoms with Crippen LogP contribution in [-0.4, -0.2) is 41.5 Å². The minimum Gasteiger partial charge on any atom is -0.339 e. The zero-order valence-electron chi connectivity index (χ0n) is 21.3. The van der Waals surface area contributed by atoms with Gasteiger partial charge in [-0.25, -0.2) is 4.98 Å². The van der Waals surface area contributed by atoms with Crippen molar-refractivity contribution in [3.8, 4) is 0 Å². The summed E-state index contributed by atoms with van der Waals surface area (Å²) in [5, 5.41) is 4.93. The highest BCUT2D eigenvalue weighted by molar-refractivity contribution is 7.12. The second kappa shape index (κ2) is 9.97. The topological polar surface area (TPSA) is 45.2 Å². The van der Waals surface area contributed by atoms with Crippen molar-refractivity contribution in [1.82, 2.24) is 15.2 Å². The Bertz CT molecular complexity index is 1030. The van der Waals surface area contributed by atoms with Gasteiger partial charge in [-0.3, -0.25) is 4.79 Å². The van der Waals surface area contributed by atoms with Crippen LogP contribution >= 0.6 is 11.3 Å². The van der Waals surface area contributed by atoms with E-state index in [-0.39, 0.29) is 11.3 Å². The molecule has 1 unspecified atom stereocenters. The number of likely N-dealkylation sites (tertiary alicyclic amines) is 1. The van der Waals surface area contributed by atoms with Gasteiger partial charge in [0, 0.05) is 36.0 Å². The zero-order chi connectivity index (χ0) is 23.8. The van der Waals surface area contributed by atoms with Crippen molar-refractivity contribution in [2.45, 2.75) is 94.9 Å². The number of aryl methyl sites for hydroxylation is 2. The molecule has 1 amide bonds. The van der Waals surface area contributed by atoms with E-state index >= 15 is 0 Å². The summed E-state index contributed by atoms with van der Waals surface area (Å²) in [6.07, 6.45) is 13.2. The lowest BCUT2D eigenvalue weighted by Crippen LogP contribution is -2.55. The lowest BCUT2D eigenvalue weighted by molar-refractivity contribution is -0.143. The Morgan fingerprint density at radius 2 is 1.97 bits per heavy atom. The van der Waals surface area contributed by atoms with Crippen LogP contribution in [0, 0.1) is 11.8 Å². The number of fused-ring (bicyclic) bond motifs is 2. The summed E-state index contributed by atoms with van der Waals surface area (Å²) in [5.74, 6) is 1.75. The number of thiazole rings is 1. The van der Waals surface area contributed by atoms with Crippen LogP contribution < -0.4 is 5.32 Å². The Balaban J connectivity index is 1.30. The van der Waals surface area contributed by atoms with E-state index in [1.54, 1.807) is 0 Å². The molecule has 2 saturated heterocycles. The number of nitrogens with one attached hydrogen (secondary N) is 1. The molecule has 1 N–H and O–H groups in total. The lowest BCUT2D eigenvalue weighted by Gasteiger charge is -2.47. The third-order valence-corrected chi connectivity index (χ3v) is 11.1. The van der Waals surface area contributed by atoms with Crippen LogP contribution in [0.4, 0.5) is 0 Å². The molecule has 2 aliphatic heterocycles. The Hall–Kier alpha value is -1.72. The predicted octanol–water partition coefficient (Wildman–Crippen LogP) is 5.85. The summed E-state index contributed by atoms with van der Waals surface area (Å²) in [6.45, 7) is 4.89. The smallest absolute Gasteiger partial charge is 0.228 e. The van der Waals surface area contributed by atoms with Crippen LogP contribution in [0.25, 0.3) is 0 Å². The summed E-state index contributed by atoms with van der Waals surface area (Å²) >= 11 is 1.90. The highest BCUT2D eigenvalue weighted by atomic mass is 32.1. The molecule has 3 fully saturated rings. The Morgan fingerprint density at radius 1 is 1.14 bits per heavy atom. The van der Waals surface area contributed by atoms with Crippen LogP contribution in [0.15, 0.2) is 30.3 Å². The lowest BCUT2D eigenvalue weighted by atomic mass is 9.68. The molecule has 2 aromatic rings. The van der Waals surface area contributed by atoms with Gasteiger partial charge < -0.3 is 10.2 Å². The van der Waals surface area contributed by atoms with Crippen molar-refractivity contribution in [3.05, 3.63) is 51.5 Å². The summed E-state index contributed by atoms with van der Waals surface area (Å²) in [5.41, 5.74) is 2.72. The van der Waals surface area contributed by atoms with Crippen LogP contribution in [0.2, 0.25) is 0 Å². The molecule has 188 valence electrons. The van der Waals surface area contributed by atoms with E-state index in [1.807, 2.05) is 11.3 Å². The molecule has 0 bridgehead atoms. The quantitative estimate of drug-likeness (QED) is 0.583. The minimum absolute atomic E-state index is 0.0385. The fraction of sp³-hybridized carbons (Fsp3) is 0.667. The third kappa shape index (κ3) is 4.27. The van der Waals surface area contributed by atoms with E-state index in [0.717, 1.165) is 58.2 Å². The number of aromatic nitrogens is 1. The van der Waals surface area contributed by atoms with Crippen molar-refractivity contribution in [2.75, 3.05) is 19.6 Å². The number of rotatable bonds is 4. The Kier molecular flexibility index (Phi) is 6.74. The molecule has 1 saturated carbocycles. The van der Waals surface area contributed by atoms with Crippen LogP contribution in [-0.2, 0) is 23.1 Å². The number of benzene rings is 1. The van der Waals surface area contributed by atoms with E-state index in [9.17, 15) is 4.79 Å². The van der Waals surface area contributed by atoms with Crippen LogP contribution in [0.1, 0.15) is 91.8 Å². The molecule has 2 aliphatic carbocycles. The summed E-state index contributed by atoms with van der Waals surface area (Å²) in [7, 11) is 0. The molecular formula is C30H41N3OS. The molecule has 6 rings (SSSR count). The van der Waals surface area contributed by atoms with Gasteiger partial charge in [-0.1, -0.05) is 56.5 Å². The van der Waals surface area contributed by atoms with Gasteiger partial charge in [-0.05, 0) is 68.8 Å². The van der Waals surface area contributed by atoms with Gasteiger partial charge >= 0.3 is 0 Å². The molecule has 1 aromatic heterocycles. The second-order valence-corrected chi connectivity index (χ2v) is 12.6. The van der Waals surface area contributed by atoms with Gasteiger partial charge in [0.1, 0.15) is 0 Å². The maximum Gasteiger partial charge on any atom is 0.228 e. The van der Waals surface area contributed by atoms with Crippen LogP contribution in [0.5, 0.6) is 0 Å². The summed E-state index contributed by atoms with van der Waals surface area (Å²) in [4.78, 5) is 23.4. The van der Waals surface area contributed by atoms with Gasteiger partial charge in [0.15, 0.2) is 0 Å². The summed E-state index contributed by atoms with van der Waals surface area (Å²) < 4.78 is 0. The van der Waals surface area contributed by atoms with Gasteiger partial charge in [-0.2, -0.15) is 0 Å². The molecule has 0 radical (unpaired) electrons. The molecule has 1 aromatic carbocycles. The zero-order valence-corrected chi connectivity index (χ0v) is 22.1. The van der Waals surface area contributed by atoms with E-state index in [1.165, 1.54) is 53.2 Å². The molecular weight excluding hydrogens is 450 g/mol. The number of hydrogen-bond donors (Lipinski definition) is 1. The molecule has 3 heterocycles. The minimum atomic E-state index is -0.0385. The van der Waals surface area contributed by atoms with E-state index in [0.29, 0.717) is 23.8 Å². The van der Waals surface area contributed by atoms with E-state index < -0.39 is 0 Å². The van der Waals surface area contributed by atoms with Crippen molar-refractivity contribution in [2.24, 2.45) is 11.8 Å². The largest absolute Gasteiger partial charge is 0.339 e. The third-order valence-electron chi connectivity index (χ3n) is 9.68. The monoisotopic (exact) mass is 491 g/mol. The van der Waals surface area contributed by atoms with E-state index in [4.69, 9.17) is 4.98 Å². The first-order valence-electron chi connectivity index (χ1n) is 14.2. The molecule has 4 nitrogen and oxygen atoms in total. The first-order valence-corrected chi connectivity index (χ1v) is 15.1. The summed E-state index contributed by atoms with van der Waals surface area (Å²) in [6, 6.07) is 11.5. The Labute approximate surface area is 214 Å². The number of amides is 1. The van der Waals surface area contributed by atoms with Crippen molar-refractivity contribution in [1.29, 1.82) is 0 Å². The second-order valence-electron chi connectivity index (χ2n) is 11.6. The SMILES string of the molecule is CCc1nc2c(s1)[C@]1(CCC2)CNCC1C(=O)N1CC[C@@H](c2ccccc2)C[C@H]1C1CCCCC1.